The summed E-state index contributed by atoms with van der Waals surface area (Å²) >= 11 is 0. The summed E-state index contributed by atoms with van der Waals surface area (Å²) in [7, 11) is 0. The van der Waals surface area contributed by atoms with E-state index < -0.39 is 18.4 Å². The average Bonchev–Trinajstić information content (AvgIpc) is 2.62. The van der Waals surface area contributed by atoms with Crippen molar-refractivity contribution in [2.75, 3.05) is 0 Å². The van der Waals surface area contributed by atoms with Crippen LogP contribution in [0.1, 0.15) is 36.2 Å². The molecule has 0 fully saturated rings. The largest absolute Gasteiger partial charge is 0.509 e. The van der Waals surface area contributed by atoms with E-state index in [1.54, 1.807) is 48.5 Å². The molecule has 0 aliphatic rings. The molecule has 0 saturated heterocycles. The van der Waals surface area contributed by atoms with Gasteiger partial charge in [0.1, 0.15) is 12.2 Å². The topological polar surface area (TPSA) is 83.1 Å². The predicted molar refractivity (Wildman–Crippen MR) is 86.4 cm³/mol. The molecule has 0 aromatic heterocycles. The number of carbonyl (C=O) groups is 1. The third-order valence-electron chi connectivity index (χ3n) is 3.37. The molecule has 0 amide bonds. The van der Waals surface area contributed by atoms with Crippen LogP contribution < -0.4 is 0 Å². The third-order valence-corrected chi connectivity index (χ3v) is 3.37. The standard InChI is InChI=1S/C19H16N2O3/c20-13-11-17(15-7-3-1-4-8-15)23-19(22)24-18(12-14-21)16-9-5-2-6-10-16/h1-10,17-18H,11-12H2. The summed E-state index contributed by atoms with van der Waals surface area (Å²) in [5, 5.41) is 17.9. The summed E-state index contributed by atoms with van der Waals surface area (Å²) < 4.78 is 10.6. The van der Waals surface area contributed by atoms with Gasteiger partial charge in [0.25, 0.3) is 0 Å². The van der Waals surface area contributed by atoms with Crippen molar-refractivity contribution < 1.29 is 14.3 Å². The molecule has 0 aliphatic carbocycles. The van der Waals surface area contributed by atoms with Crippen molar-refractivity contribution in [3.8, 4) is 12.1 Å². The van der Waals surface area contributed by atoms with Crippen molar-refractivity contribution in [3.63, 3.8) is 0 Å². The Kier molecular flexibility index (Phi) is 6.37. The fraction of sp³-hybridized carbons (Fsp3) is 0.211. The smallest absolute Gasteiger partial charge is 0.425 e. The Bertz CT molecular complexity index is 669. The van der Waals surface area contributed by atoms with E-state index in [1.165, 1.54) is 0 Å². The quantitative estimate of drug-likeness (QED) is 0.734. The number of hydrogen-bond donors (Lipinski definition) is 0. The van der Waals surface area contributed by atoms with Gasteiger partial charge in [-0.05, 0) is 11.1 Å². The minimum absolute atomic E-state index is 0.0212. The maximum absolute atomic E-state index is 12.1. The molecule has 0 radical (unpaired) electrons. The van der Waals surface area contributed by atoms with E-state index >= 15 is 0 Å². The Labute approximate surface area is 140 Å². The number of hydrogen-bond acceptors (Lipinski definition) is 5. The van der Waals surface area contributed by atoms with Gasteiger partial charge in [-0.1, -0.05) is 60.7 Å². The highest BCUT2D eigenvalue weighted by atomic mass is 16.7. The first-order valence-electron chi connectivity index (χ1n) is 7.45. The highest BCUT2D eigenvalue weighted by Crippen LogP contribution is 2.25. The predicted octanol–water partition coefficient (Wildman–Crippen LogP) is 4.45. The molecule has 0 heterocycles. The lowest BCUT2D eigenvalue weighted by molar-refractivity contribution is -0.000938. The van der Waals surface area contributed by atoms with Crippen LogP contribution in [0.2, 0.25) is 0 Å². The SMILES string of the molecule is N#CCC(OC(=O)OC(CC#N)c1ccccc1)c1ccccc1. The lowest BCUT2D eigenvalue weighted by Gasteiger charge is -2.19. The molecular weight excluding hydrogens is 304 g/mol. The van der Waals surface area contributed by atoms with Gasteiger partial charge in [-0.25, -0.2) is 4.79 Å². The van der Waals surface area contributed by atoms with E-state index in [-0.39, 0.29) is 12.8 Å². The first-order chi connectivity index (χ1) is 11.7. The van der Waals surface area contributed by atoms with E-state index in [0.717, 1.165) is 0 Å². The van der Waals surface area contributed by atoms with Crippen molar-refractivity contribution in [2.45, 2.75) is 25.0 Å². The second-order valence-corrected chi connectivity index (χ2v) is 5.01. The fourth-order valence-electron chi connectivity index (χ4n) is 2.22. The van der Waals surface area contributed by atoms with Gasteiger partial charge >= 0.3 is 6.16 Å². The van der Waals surface area contributed by atoms with Gasteiger partial charge in [-0.15, -0.1) is 0 Å². The van der Waals surface area contributed by atoms with Gasteiger partial charge in [0, 0.05) is 0 Å². The van der Waals surface area contributed by atoms with Crippen molar-refractivity contribution in [2.24, 2.45) is 0 Å². The van der Waals surface area contributed by atoms with E-state index in [9.17, 15) is 4.79 Å². The minimum Gasteiger partial charge on any atom is -0.425 e. The van der Waals surface area contributed by atoms with Crippen molar-refractivity contribution in [1.82, 2.24) is 0 Å². The summed E-state index contributed by atoms with van der Waals surface area (Å²) in [6.07, 6.45) is -2.27. The molecule has 0 bridgehead atoms. The van der Waals surface area contributed by atoms with Crippen LogP contribution in [0.15, 0.2) is 60.7 Å². The Morgan fingerprint density at radius 2 is 1.17 bits per heavy atom. The van der Waals surface area contributed by atoms with Crippen LogP contribution in [0.4, 0.5) is 4.79 Å². The molecule has 2 atom stereocenters. The van der Waals surface area contributed by atoms with E-state index in [4.69, 9.17) is 20.0 Å². The average molecular weight is 320 g/mol. The highest BCUT2D eigenvalue weighted by Gasteiger charge is 2.22. The van der Waals surface area contributed by atoms with Crippen LogP contribution >= 0.6 is 0 Å². The van der Waals surface area contributed by atoms with Crippen LogP contribution in [0.25, 0.3) is 0 Å². The van der Waals surface area contributed by atoms with E-state index in [1.807, 2.05) is 24.3 Å². The molecule has 0 spiro atoms. The number of ether oxygens (including phenoxy) is 2. The molecule has 0 N–H and O–H groups in total. The number of carbonyl (C=O) groups excluding carboxylic acids is 1. The summed E-state index contributed by atoms with van der Waals surface area (Å²) in [6, 6.07) is 22.0. The molecule has 2 rings (SSSR count). The third kappa shape index (κ3) is 4.86. The molecule has 0 saturated carbocycles. The molecule has 0 aliphatic heterocycles. The molecule has 120 valence electrons. The van der Waals surface area contributed by atoms with Gasteiger partial charge in [0.05, 0.1) is 25.0 Å². The number of nitriles is 2. The molecule has 2 aromatic rings. The summed E-state index contributed by atoms with van der Waals surface area (Å²) in [5.41, 5.74) is 1.43. The summed E-state index contributed by atoms with van der Waals surface area (Å²) in [6.45, 7) is 0. The van der Waals surface area contributed by atoms with Crippen LogP contribution in [-0.4, -0.2) is 6.16 Å². The second-order valence-electron chi connectivity index (χ2n) is 5.01. The molecule has 2 unspecified atom stereocenters. The van der Waals surface area contributed by atoms with Crippen LogP contribution in [-0.2, 0) is 9.47 Å². The highest BCUT2D eigenvalue weighted by molar-refractivity contribution is 5.61. The van der Waals surface area contributed by atoms with Gasteiger partial charge in [-0.2, -0.15) is 10.5 Å². The fourth-order valence-corrected chi connectivity index (χ4v) is 2.22. The van der Waals surface area contributed by atoms with Crippen LogP contribution in [0, 0.1) is 22.7 Å². The lowest BCUT2D eigenvalue weighted by Crippen LogP contribution is -2.16. The zero-order valence-corrected chi connectivity index (χ0v) is 13.0. The van der Waals surface area contributed by atoms with Crippen molar-refractivity contribution in [1.29, 1.82) is 10.5 Å². The number of nitrogens with zero attached hydrogens (tertiary/aromatic N) is 2. The normalized spacial score (nSPS) is 12.2. The Morgan fingerprint density at radius 3 is 1.50 bits per heavy atom. The molecule has 5 nitrogen and oxygen atoms in total. The van der Waals surface area contributed by atoms with Gasteiger partial charge in [0.15, 0.2) is 0 Å². The Balaban J connectivity index is 2.06. The zero-order valence-electron chi connectivity index (χ0n) is 13.0. The van der Waals surface area contributed by atoms with Gasteiger partial charge in [0.2, 0.25) is 0 Å². The minimum atomic E-state index is -0.900. The van der Waals surface area contributed by atoms with Gasteiger partial charge < -0.3 is 9.47 Å². The first-order valence-corrected chi connectivity index (χ1v) is 7.45. The van der Waals surface area contributed by atoms with E-state index in [0.29, 0.717) is 11.1 Å². The van der Waals surface area contributed by atoms with Crippen LogP contribution in [0.5, 0.6) is 0 Å². The monoisotopic (exact) mass is 320 g/mol. The molecule has 2 aromatic carbocycles. The zero-order chi connectivity index (χ0) is 17.2. The van der Waals surface area contributed by atoms with Gasteiger partial charge in [-0.3, -0.25) is 0 Å². The Hall–Kier alpha value is -3.31. The maximum Gasteiger partial charge on any atom is 0.509 e. The molecule has 24 heavy (non-hydrogen) atoms. The first kappa shape index (κ1) is 17.1. The number of benzene rings is 2. The van der Waals surface area contributed by atoms with Crippen molar-refractivity contribution in [3.05, 3.63) is 71.8 Å². The second kappa shape index (κ2) is 8.97. The van der Waals surface area contributed by atoms with E-state index in [2.05, 4.69) is 0 Å². The summed E-state index contributed by atoms with van der Waals surface area (Å²) in [5.74, 6) is 0. The Morgan fingerprint density at radius 1 is 0.792 bits per heavy atom. The van der Waals surface area contributed by atoms with Crippen LogP contribution in [0.3, 0.4) is 0 Å². The maximum atomic E-state index is 12.1. The molecule has 5 heteroatoms. The summed E-state index contributed by atoms with van der Waals surface area (Å²) in [4.78, 5) is 12.1. The lowest BCUT2D eigenvalue weighted by atomic mass is 10.1. The molecular formula is C19H16N2O3. The number of rotatable bonds is 6. The van der Waals surface area contributed by atoms with Crippen molar-refractivity contribution >= 4 is 6.16 Å².